The molecule has 0 aliphatic carbocycles. The van der Waals surface area contributed by atoms with E-state index in [9.17, 15) is 10.0 Å². The molecule has 13 heavy (non-hydrogen) atoms. The minimum Gasteiger partial charge on any atom is -0.889 e. The molecule has 1 aromatic carbocycles. The summed E-state index contributed by atoms with van der Waals surface area (Å²) < 4.78 is 0. The molecule has 0 N–H and O–H groups in total. The molecule has 0 aromatic heterocycles. The summed E-state index contributed by atoms with van der Waals surface area (Å²) in [5.41, 5.74) is 1.36. The molecule has 0 saturated heterocycles. The minimum atomic E-state index is -1.86. The minimum absolute atomic E-state index is 0. The van der Waals surface area contributed by atoms with Gasteiger partial charge in [0, 0.05) is 5.33 Å². The van der Waals surface area contributed by atoms with Gasteiger partial charge in [-0.15, -0.1) is 5.46 Å². The Labute approximate surface area is 131 Å². The predicted octanol–water partition coefficient (Wildman–Crippen LogP) is -6.99. The first-order valence-electron chi connectivity index (χ1n) is 3.20. The van der Waals surface area contributed by atoms with Crippen LogP contribution in [0.4, 0.5) is 0 Å². The summed E-state index contributed by atoms with van der Waals surface area (Å²) >= 11 is 3.26. The fraction of sp³-hybridized carbons (Fsp3) is 0.143. The van der Waals surface area contributed by atoms with Crippen LogP contribution in [0.5, 0.6) is 0 Å². The topological polar surface area (TPSA) is 46.1 Å². The van der Waals surface area contributed by atoms with Crippen LogP contribution in [0.1, 0.15) is 5.56 Å². The van der Waals surface area contributed by atoms with E-state index in [1.54, 1.807) is 24.3 Å². The third-order valence-electron chi connectivity index (χ3n) is 1.41. The number of hydrogen-bond donors (Lipinski definition) is 0. The normalized spacial score (nSPS) is 8.23. The third kappa shape index (κ3) is 5.97. The molecule has 0 unspecified atom stereocenters. The van der Waals surface area contributed by atoms with Crippen LogP contribution in [0.25, 0.3) is 0 Å². The van der Waals surface area contributed by atoms with Gasteiger partial charge in [-0.2, -0.15) is 0 Å². The van der Waals surface area contributed by atoms with Gasteiger partial charge in [0.15, 0.2) is 0 Å². The fourth-order valence-corrected chi connectivity index (χ4v) is 1.14. The van der Waals surface area contributed by atoms with Crippen LogP contribution >= 0.6 is 15.9 Å². The first-order valence-corrected chi connectivity index (χ1v) is 4.32. The van der Waals surface area contributed by atoms with E-state index >= 15 is 0 Å². The van der Waals surface area contributed by atoms with E-state index in [0.717, 1.165) is 10.9 Å². The molecule has 0 saturated carbocycles. The van der Waals surface area contributed by atoms with Crippen molar-refractivity contribution in [2.24, 2.45) is 0 Å². The molecular formula is C7H6BBrNa2O2. The summed E-state index contributed by atoms with van der Waals surface area (Å²) in [4.78, 5) is 0. The van der Waals surface area contributed by atoms with Gasteiger partial charge in [-0.3, -0.25) is 0 Å². The molecule has 6 heteroatoms. The van der Waals surface area contributed by atoms with Crippen molar-refractivity contribution in [2.45, 2.75) is 5.33 Å². The van der Waals surface area contributed by atoms with Crippen LogP contribution in [0.2, 0.25) is 0 Å². The number of halogens is 1. The molecule has 0 aliphatic rings. The quantitative estimate of drug-likeness (QED) is 0.391. The van der Waals surface area contributed by atoms with Crippen LogP contribution in [-0.4, -0.2) is 7.12 Å². The van der Waals surface area contributed by atoms with Crippen LogP contribution < -0.4 is 74.6 Å². The zero-order chi connectivity index (χ0) is 8.27. The maximum Gasteiger partial charge on any atom is 1.00 e. The first-order chi connectivity index (χ1) is 5.24. The number of alkyl halides is 1. The largest absolute Gasteiger partial charge is 1.00 e. The van der Waals surface area contributed by atoms with Crippen molar-refractivity contribution >= 4 is 28.5 Å². The molecule has 0 heterocycles. The molecule has 0 amide bonds. The maximum absolute atomic E-state index is 10.4. The Morgan fingerprint density at radius 3 is 1.85 bits per heavy atom. The van der Waals surface area contributed by atoms with Crippen molar-refractivity contribution in [1.29, 1.82) is 0 Å². The van der Waals surface area contributed by atoms with Crippen molar-refractivity contribution in [3.63, 3.8) is 0 Å². The molecular weight excluding hydrogens is 253 g/mol. The van der Waals surface area contributed by atoms with Gasteiger partial charge in [-0.05, 0) is 5.56 Å². The predicted molar refractivity (Wildman–Crippen MR) is 44.5 cm³/mol. The Morgan fingerprint density at radius 2 is 1.54 bits per heavy atom. The first kappa shape index (κ1) is 17.1. The van der Waals surface area contributed by atoms with Crippen molar-refractivity contribution in [1.82, 2.24) is 0 Å². The van der Waals surface area contributed by atoms with Gasteiger partial charge in [0.2, 0.25) is 0 Å². The molecule has 1 rings (SSSR count). The van der Waals surface area contributed by atoms with Gasteiger partial charge < -0.3 is 10.0 Å². The van der Waals surface area contributed by atoms with Crippen molar-refractivity contribution in [2.75, 3.05) is 0 Å². The standard InChI is InChI=1S/C7H6BBrO2.2Na/c9-5-6-1-3-7(4-2-6)8(10)11;;/h1-4H,5H2;;/q-2;2*+1. The van der Waals surface area contributed by atoms with Crippen molar-refractivity contribution < 1.29 is 69.2 Å². The molecule has 0 aliphatic heterocycles. The summed E-state index contributed by atoms with van der Waals surface area (Å²) in [5, 5.41) is 21.5. The van der Waals surface area contributed by atoms with Crippen molar-refractivity contribution in [3.8, 4) is 0 Å². The number of benzene rings is 1. The Hall–Kier alpha value is 1.68. The molecule has 0 bridgehead atoms. The second-order valence-corrected chi connectivity index (χ2v) is 2.77. The Morgan fingerprint density at radius 1 is 1.08 bits per heavy atom. The van der Waals surface area contributed by atoms with Gasteiger partial charge in [0.1, 0.15) is 0 Å². The monoisotopic (exact) mass is 258 g/mol. The number of rotatable bonds is 2. The number of hydrogen-bond acceptors (Lipinski definition) is 2. The van der Waals surface area contributed by atoms with E-state index in [-0.39, 0.29) is 59.1 Å². The molecule has 0 spiro atoms. The third-order valence-corrected chi connectivity index (χ3v) is 2.05. The average molecular weight is 259 g/mol. The van der Waals surface area contributed by atoms with E-state index in [0.29, 0.717) is 5.46 Å². The molecule has 2 nitrogen and oxygen atoms in total. The van der Waals surface area contributed by atoms with E-state index < -0.39 is 7.12 Å². The fourth-order valence-electron chi connectivity index (χ4n) is 0.764. The summed E-state index contributed by atoms with van der Waals surface area (Å²) in [6.07, 6.45) is 0. The molecule has 0 radical (unpaired) electrons. The van der Waals surface area contributed by atoms with E-state index in [2.05, 4.69) is 15.9 Å². The Bertz CT molecular complexity index is 230. The molecule has 58 valence electrons. The zero-order valence-corrected chi connectivity index (χ0v) is 13.4. The summed E-state index contributed by atoms with van der Waals surface area (Å²) in [6.45, 7) is 0. The van der Waals surface area contributed by atoms with E-state index in [1.807, 2.05) is 0 Å². The van der Waals surface area contributed by atoms with E-state index in [4.69, 9.17) is 0 Å². The van der Waals surface area contributed by atoms with E-state index in [1.165, 1.54) is 0 Å². The van der Waals surface area contributed by atoms with Crippen LogP contribution in [0.15, 0.2) is 24.3 Å². The van der Waals surface area contributed by atoms with Gasteiger partial charge in [-0.1, -0.05) is 47.3 Å². The van der Waals surface area contributed by atoms with Crippen LogP contribution in [0, 0.1) is 0 Å². The zero-order valence-electron chi connectivity index (χ0n) is 7.79. The van der Waals surface area contributed by atoms with Crippen molar-refractivity contribution in [3.05, 3.63) is 29.8 Å². The Balaban J connectivity index is 0. The summed E-state index contributed by atoms with van der Waals surface area (Å²) in [5.74, 6) is 0. The SMILES string of the molecule is [Na+].[Na+].[O-]B([O-])c1ccc(CBr)cc1. The average Bonchev–Trinajstić information content (AvgIpc) is 2.05. The summed E-state index contributed by atoms with van der Waals surface area (Å²) in [6, 6.07) is 6.68. The Kier molecular flexibility index (Phi) is 11.8. The summed E-state index contributed by atoms with van der Waals surface area (Å²) in [7, 11) is -1.86. The molecule has 1 aromatic rings. The van der Waals surface area contributed by atoms with Gasteiger partial charge >= 0.3 is 59.1 Å². The van der Waals surface area contributed by atoms with Crippen LogP contribution in [-0.2, 0) is 5.33 Å². The molecule has 0 atom stereocenters. The van der Waals surface area contributed by atoms with Gasteiger partial charge in [0.05, 0.1) is 0 Å². The van der Waals surface area contributed by atoms with Crippen LogP contribution in [0.3, 0.4) is 0 Å². The second-order valence-electron chi connectivity index (χ2n) is 2.21. The second kappa shape index (κ2) is 8.95. The smallest absolute Gasteiger partial charge is 0.889 e. The van der Waals surface area contributed by atoms with Gasteiger partial charge in [-0.25, -0.2) is 0 Å². The molecule has 0 fully saturated rings. The maximum atomic E-state index is 10.4. The van der Waals surface area contributed by atoms with Gasteiger partial charge in [0.25, 0.3) is 0 Å².